The maximum atomic E-state index is 13.0. The van der Waals surface area contributed by atoms with E-state index in [-0.39, 0.29) is 23.0 Å². The number of carbonyl (C=O) groups excluding carboxylic acids is 1. The highest BCUT2D eigenvalue weighted by Crippen LogP contribution is 2.24. The van der Waals surface area contributed by atoms with Crippen LogP contribution >= 0.6 is 11.8 Å². The molecular weight excluding hydrogens is 375 g/mol. The lowest BCUT2D eigenvalue weighted by molar-refractivity contribution is -0.120. The van der Waals surface area contributed by atoms with E-state index in [1.807, 2.05) is 26.0 Å². The van der Waals surface area contributed by atoms with Crippen LogP contribution in [0.5, 0.6) is 0 Å². The van der Waals surface area contributed by atoms with Gasteiger partial charge in [0.15, 0.2) is 5.82 Å². The number of H-pyrrole nitrogens is 1. The largest absolute Gasteiger partial charge is 0.349 e. The van der Waals surface area contributed by atoms with Gasteiger partial charge in [0.25, 0.3) is 0 Å². The summed E-state index contributed by atoms with van der Waals surface area (Å²) in [5.74, 6) is 0.258. The molecule has 2 atom stereocenters. The fourth-order valence-corrected chi connectivity index (χ4v) is 3.44. The van der Waals surface area contributed by atoms with Gasteiger partial charge in [0.05, 0.1) is 11.3 Å². The number of aryl methyl sites for hydroxylation is 1. The van der Waals surface area contributed by atoms with Crippen LogP contribution in [-0.4, -0.2) is 26.3 Å². The quantitative estimate of drug-likeness (QED) is 0.574. The number of rotatable bonds is 7. The Morgan fingerprint density at radius 2 is 1.82 bits per heavy atom. The van der Waals surface area contributed by atoms with Gasteiger partial charge in [-0.15, -0.1) is 5.10 Å². The zero-order valence-electron chi connectivity index (χ0n) is 16.1. The van der Waals surface area contributed by atoms with Gasteiger partial charge in [-0.3, -0.25) is 9.89 Å². The maximum Gasteiger partial charge on any atom is 0.233 e. The first-order chi connectivity index (χ1) is 13.5. The van der Waals surface area contributed by atoms with Crippen LogP contribution in [0.3, 0.4) is 0 Å². The van der Waals surface area contributed by atoms with Crippen molar-refractivity contribution in [2.24, 2.45) is 0 Å². The Kier molecular flexibility index (Phi) is 6.46. The molecule has 3 rings (SSSR count). The highest BCUT2D eigenvalue weighted by Gasteiger charge is 2.19. The van der Waals surface area contributed by atoms with Gasteiger partial charge < -0.3 is 5.32 Å². The van der Waals surface area contributed by atoms with Gasteiger partial charge in [0.1, 0.15) is 5.82 Å². The van der Waals surface area contributed by atoms with Gasteiger partial charge in [0, 0.05) is 5.56 Å². The molecule has 2 aromatic carbocycles. The minimum atomic E-state index is -0.367. The number of halogens is 1. The number of carbonyl (C=O) groups is 1. The number of thioether (sulfide) groups is 1. The van der Waals surface area contributed by atoms with Crippen LogP contribution in [0.1, 0.15) is 37.9 Å². The second-order valence-electron chi connectivity index (χ2n) is 6.56. The number of benzene rings is 2. The molecule has 0 aliphatic heterocycles. The molecule has 1 amide bonds. The Labute approximate surface area is 168 Å². The summed E-state index contributed by atoms with van der Waals surface area (Å²) in [6, 6.07) is 14.1. The molecule has 0 unspecified atom stereocenters. The first-order valence-corrected chi connectivity index (χ1v) is 10.1. The van der Waals surface area contributed by atoms with Crippen LogP contribution in [0.25, 0.3) is 11.4 Å². The van der Waals surface area contributed by atoms with E-state index in [9.17, 15) is 9.18 Å². The van der Waals surface area contributed by atoms with E-state index in [1.54, 1.807) is 12.1 Å². The van der Waals surface area contributed by atoms with Crippen molar-refractivity contribution < 1.29 is 9.18 Å². The average molecular weight is 399 g/mol. The van der Waals surface area contributed by atoms with Crippen molar-refractivity contribution in [1.29, 1.82) is 0 Å². The molecule has 28 heavy (non-hydrogen) atoms. The van der Waals surface area contributed by atoms with E-state index in [1.165, 1.54) is 29.5 Å². The average Bonchev–Trinajstić information content (AvgIpc) is 3.17. The number of hydrogen-bond donors (Lipinski definition) is 2. The number of aromatic nitrogens is 3. The molecule has 0 saturated carbocycles. The van der Waals surface area contributed by atoms with Crippen molar-refractivity contribution in [2.75, 3.05) is 0 Å². The lowest BCUT2D eigenvalue weighted by Crippen LogP contribution is -2.33. The lowest BCUT2D eigenvalue weighted by Gasteiger charge is -2.17. The third kappa shape index (κ3) is 4.98. The van der Waals surface area contributed by atoms with E-state index >= 15 is 0 Å². The van der Waals surface area contributed by atoms with E-state index in [2.05, 4.69) is 39.6 Å². The molecule has 0 aliphatic carbocycles. The van der Waals surface area contributed by atoms with Crippen molar-refractivity contribution >= 4 is 17.7 Å². The van der Waals surface area contributed by atoms with Gasteiger partial charge in [-0.25, -0.2) is 9.37 Å². The van der Waals surface area contributed by atoms with Crippen LogP contribution < -0.4 is 5.32 Å². The Morgan fingerprint density at radius 1 is 1.14 bits per heavy atom. The Balaban J connectivity index is 1.59. The smallest absolute Gasteiger partial charge is 0.233 e. The molecule has 0 saturated heterocycles. The summed E-state index contributed by atoms with van der Waals surface area (Å²) in [6.07, 6.45) is 0.987. The third-order valence-electron chi connectivity index (χ3n) is 4.48. The summed E-state index contributed by atoms with van der Waals surface area (Å²) < 4.78 is 13.0. The number of hydrogen-bond acceptors (Lipinski definition) is 4. The second-order valence-corrected chi connectivity index (χ2v) is 7.87. The molecule has 2 N–H and O–H groups in total. The van der Waals surface area contributed by atoms with Crippen molar-refractivity contribution in [3.63, 3.8) is 0 Å². The van der Waals surface area contributed by atoms with Crippen molar-refractivity contribution in [1.82, 2.24) is 20.5 Å². The zero-order chi connectivity index (χ0) is 20.1. The SMILES string of the molecule is CCc1ccc(-c2nc(S[C@H](C)C(=O)N[C@@H](C)c3ccc(F)cc3)n[nH]2)cc1. The molecule has 0 aliphatic rings. The summed E-state index contributed by atoms with van der Waals surface area (Å²) in [5, 5.41) is 10.2. The van der Waals surface area contributed by atoms with E-state index < -0.39 is 0 Å². The monoisotopic (exact) mass is 398 g/mol. The number of aromatic amines is 1. The van der Waals surface area contributed by atoms with Crippen LogP contribution in [0.15, 0.2) is 53.7 Å². The summed E-state index contributed by atoms with van der Waals surface area (Å²) in [7, 11) is 0. The Morgan fingerprint density at radius 3 is 2.46 bits per heavy atom. The first-order valence-electron chi connectivity index (χ1n) is 9.20. The predicted octanol–water partition coefficient (Wildman–Crippen LogP) is 4.53. The lowest BCUT2D eigenvalue weighted by atomic mass is 10.1. The fourth-order valence-electron chi connectivity index (χ4n) is 2.70. The molecule has 5 nitrogen and oxygen atoms in total. The minimum absolute atomic E-state index is 0.125. The summed E-state index contributed by atoms with van der Waals surface area (Å²) in [4.78, 5) is 17.0. The molecule has 7 heteroatoms. The van der Waals surface area contributed by atoms with Gasteiger partial charge in [0.2, 0.25) is 11.1 Å². The zero-order valence-corrected chi connectivity index (χ0v) is 16.9. The number of nitrogens with zero attached hydrogens (tertiary/aromatic N) is 2. The Hall–Kier alpha value is -2.67. The third-order valence-corrected chi connectivity index (χ3v) is 5.44. The highest BCUT2D eigenvalue weighted by atomic mass is 32.2. The molecule has 1 heterocycles. The maximum absolute atomic E-state index is 13.0. The van der Waals surface area contributed by atoms with Crippen LogP contribution in [0.4, 0.5) is 4.39 Å². The topological polar surface area (TPSA) is 70.7 Å². The first kappa shape index (κ1) is 20.1. The summed E-state index contributed by atoms with van der Waals surface area (Å²) in [5.41, 5.74) is 3.07. The van der Waals surface area contributed by atoms with Gasteiger partial charge >= 0.3 is 0 Å². The van der Waals surface area contributed by atoms with E-state index in [0.717, 1.165) is 17.5 Å². The van der Waals surface area contributed by atoms with Crippen molar-refractivity contribution in [3.8, 4) is 11.4 Å². The molecular formula is C21H23FN4OS. The second kappa shape index (κ2) is 9.01. The van der Waals surface area contributed by atoms with Crippen LogP contribution in [0.2, 0.25) is 0 Å². The fraction of sp³-hybridized carbons (Fsp3) is 0.286. The molecule has 0 spiro atoms. The standard InChI is InChI=1S/C21H23FN4OS/c1-4-15-5-7-17(8-6-15)19-24-21(26-25-19)28-14(3)20(27)23-13(2)16-9-11-18(22)12-10-16/h5-14H,4H2,1-3H3,(H,23,27)(H,24,25,26)/t13-,14+/m0/s1. The van der Waals surface area contributed by atoms with Gasteiger partial charge in [-0.05, 0) is 43.5 Å². The van der Waals surface area contributed by atoms with Crippen LogP contribution in [-0.2, 0) is 11.2 Å². The van der Waals surface area contributed by atoms with Crippen molar-refractivity contribution in [2.45, 2.75) is 43.6 Å². The number of nitrogens with one attached hydrogen (secondary N) is 2. The van der Waals surface area contributed by atoms with E-state index in [4.69, 9.17) is 0 Å². The summed E-state index contributed by atoms with van der Waals surface area (Å²) >= 11 is 1.29. The molecule has 0 radical (unpaired) electrons. The molecule has 146 valence electrons. The van der Waals surface area contributed by atoms with Crippen LogP contribution in [0, 0.1) is 5.82 Å². The molecule has 1 aromatic heterocycles. The van der Waals surface area contributed by atoms with Gasteiger partial charge in [-0.1, -0.05) is 55.1 Å². The Bertz CT molecular complexity index is 924. The molecule has 0 bridgehead atoms. The normalized spacial score (nSPS) is 13.1. The number of amides is 1. The predicted molar refractivity (Wildman–Crippen MR) is 109 cm³/mol. The minimum Gasteiger partial charge on any atom is -0.349 e. The molecule has 0 fully saturated rings. The van der Waals surface area contributed by atoms with Gasteiger partial charge in [-0.2, -0.15) is 0 Å². The summed E-state index contributed by atoms with van der Waals surface area (Å²) in [6.45, 7) is 5.79. The molecule has 3 aromatic rings. The highest BCUT2D eigenvalue weighted by molar-refractivity contribution is 8.00. The van der Waals surface area contributed by atoms with E-state index in [0.29, 0.717) is 11.0 Å². The van der Waals surface area contributed by atoms with Crippen molar-refractivity contribution in [3.05, 3.63) is 65.5 Å².